The molecule has 0 spiro atoms. The van der Waals surface area contributed by atoms with Crippen LogP contribution in [0.25, 0.3) is 0 Å². The van der Waals surface area contributed by atoms with E-state index in [2.05, 4.69) is 65.3 Å². The Morgan fingerprint density at radius 1 is 0.806 bits per heavy atom. The molecule has 2 aliphatic heterocycles. The Labute approximate surface area is 213 Å². The standard InChI is InChI=1S/C30H33N3O3/c1-2-21-36-26-15-13-25(14-16-26)33-28(34)22-27(30(33)35)31-17-19-32(20-18-31)29(23-9-5-3-6-10-23)24-11-7-4-8-12-24/h3-16,27,29H,2,17-22H2,1H3/t27-/m1/s1. The minimum absolute atomic E-state index is 0.127. The number of imide groups is 1. The van der Waals surface area contributed by atoms with E-state index in [0.29, 0.717) is 12.3 Å². The van der Waals surface area contributed by atoms with Gasteiger partial charge in [-0.1, -0.05) is 67.6 Å². The van der Waals surface area contributed by atoms with Crippen LogP contribution >= 0.6 is 0 Å². The molecule has 2 saturated heterocycles. The van der Waals surface area contributed by atoms with Gasteiger partial charge in [0.2, 0.25) is 5.91 Å². The molecule has 0 aromatic heterocycles. The molecule has 186 valence electrons. The molecule has 2 fully saturated rings. The lowest BCUT2D eigenvalue weighted by atomic mass is 9.96. The largest absolute Gasteiger partial charge is 0.494 e. The van der Waals surface area contributed by atoms with E-state index in [1.165, 1.54) is 16.0 Å². The van der Waals surface area contributed by atoms with Gasteiger partial charge in [0.15, 0.2) is 0 Å². The number of carbonyl (C=O) groups is 2. The number of nitrogens with zero attached hydrogens (tertiary/aromatic N) is 3. The number of rotatable bonds is 8. The maximum Gasteiger partial charge on any atom is 0.251 e. The summed E-state index contributed by atoms with van der Waals surface area (Å²) in [6.45, 7) is 5.85. The fourth-order valence-corrected chi connectivity index (χ4v) is 5.28. The lowest BCUT2D eigenvalue weighted by Gasteiger charge is -2.41. The summed E-state index contributed by atoms with van der Waals surface area (Å²) in [6.07, 6.45) is 1.16. The quantitative estimate of drug-likeness (QED) is 0.441. The molecule has 3 aromatic carbocycles. The monoisotopic (exact) mass is 483 g/mol. The molecule has 36 heavy (non-hydrogen) atoms. The maximum atomic E-state index is 13.3. The summed E-state index contributed by atoms with van der Waals surface area (Å²) < 4.78 is 5.63. The number of carbonyl (C=O) groups excluding carboxylic acids is 2. The summed E-state index contributed by atoms with van der Waals surface area (Å²) in [4.78, 5) is 32.2. The van der Waals surface area contributed by atoms with Crippen LogP contribution in [0.3, 0.4) is 0 Å². The maximum absolute atomic E-state index is 13.3. The first-order chi connectivity index (χ1) is 17.7. The number of ether oxygens (including phenoxy) is 1. The van der Waals surface area contributed by atoms with Gasteiger partial charge in [-0.15, -0.1) is 0 Å². The first kappa shape index (κ1) is 24.2. The highest BCUT2D eigenvalue weighted by atomic mass is 16.5. The third-order valence-corrected chi connectivity index (χ3v) is 7.08. The zero-order valence-corrected chi connectivity index (χ0v) is 20.8. The van der Waals surface area contributed by atoms with E-state index in [1.807, 2.05) is 24.3 Å². The number of hydrogen-bond acceptors (Lipinski definition) is 5. The van der Waals surface area contributed by atoms with E-state index in [9.17, 15) is 9.59 Å². The van der Waals surface area contributed by atoms with Gasteiger partial charge in [0.25, 0.3) is 5.91 Å². The van der Waals surface area contributed by atoms with Crippen LogP contribution in [0.2, 0.25) is 0 Å². The van der Waals surface area contributed by atoms with Gasteiger partial charge >= 0.3 is 0 Å². The summed E-state index contributed by atoms with van der Waals surface area (Å²) in [7, 11) is 0. The number of amides is 2. The van der Waals surface area contributed by atoms with Crippen molar-refractivity contribution in [2.24, 2.45) is 0 Å². The summed E-state index contributed by atoms with van der Waals surface area (Å²) in [5.74, 6) is 0.484. The predicted octanol–water partition coefficient (Wildman–Crippen LogP) is 4.51. The Bertz CT molecular complexity index is 1120. The topological polar surface area (TPSA) is 53.1 Å². The van der Waals surface area contributed by atoms with Crippen molar-refractivity contribution < 1.29 is 14.3 Å². The molecule has 0 aliphatic carbocycles. The van der Waals surface area contributed by atoms with Gasteiger partial charge in [-0.2, -0.15) is 0 Å². The van der Waals surface area contributed by atoms with Gasteiger partial charge in [0, 0.05) is 26.2 Å². The third-order valence-electron chi connectivity index (χ3n) is 7.08. The summed E-state index contributed by atoms with van der Waals surface area (Å²) in [5, 5.41) is 0. The average molecular weight is 484 g/mol. The number of anilines is 1. The third kappa shape index (κ3) is 5.06. The van der Waals surface area contributed by atoms with Crippen molar-refractivity contribution in [3.05, 3.63) is 96.1 Å². The van der Waals surface area contributed by atoms with Gasteiger partial charge in [-0.25, -0.2) is 4.90 Å². The SMILES string of the molecule is CCCOc1ccc(N2C(=O)C[C@@H](N3CCN(C(c4ccccc4)c4ccccc4)CC3)C2=O)cc1. The first-order valence-corrected chi connectivity index (χ1v) is 12.8. The Kier molecular flexibility index (Phi) is 7.44. The molecule has 1 atom stereocenters. The van der Waals surface area contributed by atoms with Crippen LogP contribution in [0.15, 0.2) is 84.9 Å². The molecule has 0 saturated carbocycles. The predicted molar refractivity (Wildman–Crippen MR) is 141 cm³/mol. The number of piperazine rings is 1. The first-order valence-electron chi connectivity index (χ1n) is 12.8. The molecular formula is C30H33N3O3. The van der Waals surface area contributed by atoms with E-state index in [1.54, 1.807) is 12.1 Å². The minimum Gasteiger partial charge on any atom is -0.494 e. The van der Waals surface area contributed by atoms with Crippen molar-refractivity contribution in [3.8, 4) is 5.75 Å². The van der Waals surface area contributed by atoms with E-state index < -0.39 is 6.04 Å². The highest BCUT2D eigenvalue weighted by Crippen LogP contribution is 2.32. The molecule has 2 amide bonds. The number of benzene rings is 3. The fourth-order valence-electron chi connectivity index (χ4n) is 5.28. The van der Waals surface area contributed by atoms with Gasteiger partial charge in [-0.05, 0) is 41.8 Å². The van der Waals surface area contributed by atoms with Crippen LogP contribution in [-0.2, 0) is 9.59 Å². The van der Waals surface area contributed by atoms with Crippen LogP contribution in [0.4, 0.5) is 5.69 Å². The van der Waals surface area contributed by atoms with Crippen LogP contribution in [0.1, 0.15) is 36.9 Å². The average Bonchev–Trinajstić information content (AvgIpc) is 3.23. The molecule has 6 nitrogen and oxygen atoms in total. The van der Waals surface area contributed by atoms with Crippen LogP contribution in [0.5, 0.6) is 5.75 Å². The van der Waals surface area contributed by atoms with Gasteiger partial charge in [0.1, 0.15) is 5.75 Å². The van der Waals surface area contributed by atoms with E-state index in [0.717, 1.165) is 38.3 Å². The van der Waals surface area contributed by atoms with Crippen molar-refractivity contribution in [3.63, 3.8) is 0 Å². The number of hydrogen-bond donors (Lipinski definition) is 0. The summed E-state index contributed by atoms with van der Waals surface area (Å²) in [5.41, 5.74) is 3.15. The van der Waals surface area contributed by atoms with Crippen molar-refractivity contribution >= 4 is 17.5 Å². The Balaban J connectivity index is 1.26. The zero-order chi connectivity index (χ0) is 24.9. The molecule has 5 rings (SSSR count). The smallest absolute Gasteiger partial charge is 0.251 e. The van der Waals surface area contributed by atoms with Crippen molar-refractivity contribution in [1.29, 1.82) is 0 Å². The second-order valence-corrected chi connectivity index (χ2v) is 9.43. The molecule has 0 N–H and O–H groups in total. The van der Waals surface area contributed by atoms with Crippen molar-refractivity contribution in [2.75, 3.05) is 37.7 Å². The second kappa shape index (κ2) is 11.1. The van der Waals surface area contributed by atoms with E-state index in [4.69, 9.17) is 4.74 Å². The highest BCUT2D eigenvalue weighted by molar-refractivity contribution is 6.22. The lowest BCUT2D eigenvalue weighted by molar-refractivity contribution is -0.123. The van der Waals surface area contributed by atoms with Crippen LogP contribution in [0, 0.1) is 0 Å². The summed E-state index contributed by atoms with van der Waals surface area (Å²) in [6, 6.07) is 28.2. The fraction of sp³-hybridized carbons (Fsp3) is 0.333. The molecular weight excluding hydrogens is 450 g/mol. The molecule has 2 heterocycles. The molecule has 0 radical (unpaired) electrons. The van der Waals surface area contributed by atoms with Crippen molar-refractivity contribution in [1.82, 2.24) is 9.80 Å². The van der Waals surface area contributed by atoms with Gasteiger partial charge < -0.3 is 4.74 Å². The molecule has 0 bridgehead atoms. The molecule has 3 aromatic rings. The molecule has 2 aliphatic rings. The van der Waals surface area contributed by atoms with Gasteiger partial charge in [-0.3, -0.25) is 19.4 Å². The minimum atomic E-state index is -0.400. The molecule has 6 heteroatoms. The lowest BCUT2D eigenvalue weighted by Crippen LogP contribution is -2.53. The van der Waals surface area contributed by atoms with E-state index >= 15 is 0 Å². The van der Waals surface area contributed by atoms with Crippen LogP contribution in [-0.4, -0.2) is 60.4 Å². The zero-order valence-electron chi connectivity index (χ0n) is 20.8. The Morgan fingerprint density at radius 2 is 1.39 bits per heavy atom. The molecule has 0 unspecified atom stereocenters. The summed E-state index contributed by atoms with van der Waals surface area (Å²) >= 11 is 0. The second-order valence-electron chi connectivity index (χ2n) is 9.43. The Morgan fingerprint density at radius 3 is 1.94 bits per heavy atom. The van der Waals surface area contributed by atoms with E-state index in [-0.39, 0.29) is 24.3 Å². The van der Waals surface area contributed by atoms with Crippen LogP contribution < -0.4 is 9.64 Å². The Hall–Kier alpha value is -3.48. The van der Waals surface area contributed by atoms with Gasteiger partial charge in [0.05, 0.1) is 30.8 Å². The normalized spacial score (nSPS) is 19.3. The highest BCUT2D eigenvalue weighted by Gasteiger charge is 2.43. The van der Waals surface area contributed by atoms with Crippen molar-refractivity contribution in [2.45, 2.75) is 31.8 Å².